The van der Waals surface area contributed by atoms with Crippen molar-refractivity contribution in [3.63, 3.8) is 0 Å². The molecule has 2 aromatic carbocycles. The summed E-state index contributed by atoms with van der Waals surface area (Å²) in [6.07, 6.45) is 2.32. The number of benzene rings is 2. The normalized spacial score (nSPS) is 15.2. The summed E-state index contributed by atoms with van der Waals surface area (Å²) < 4.78 is 5.47. The Balaban J connectivity index is 1.46. The van der Waals surface area contributed by atoms with Crippen LogP contribution in [0.25, 0.3) is 0 Å². The molecule has 4 rings (SSSR count). The van der Waals surface area contributed by atoms with Gasteiger partial charge in [-0.05, 0) is 36.1 Å². The number of hydrogen-bond acceptors (Lipinski definition) is 4. The van der Waals surface area contributed by atoms with Crippen LogP contribution >= 0.6 is 0 Å². The Labute approximate surface area is 181 Å². The molecule has 0 saturated carbocycles. The number of nitrogens with zero attached hydrogens (tertiary/aromatic N) is 2. The second kappa shape index (κ2) is 9.43. The predicted octanol–water partition coefficient (Wildman–Crippen LogP) is 4.39. The summed E-state index contributed by atoms with van der Waals surface area (Å²) >= 11 is 0. The fraction of sp³-hybridized carbons (Fsp3) is 0.240. The number of aromatic nitrogens is 1. The second-order valence-electron chi connectivity index (χ2n) is 7.64. The van der Waals surface area contributed by atoms with E-state index in [-0.39, 0.29) is 18.6 Å². The summed E-state index contributed by atoms with van der Waals surface area (Å²) in [7, 11) is 0. The molecule has 1 saturated heterocycles. The molecule has 0 atom stereocenters. The van der Waals surface area contributed by atoms with E-state index >= 15 is 0 Å². The van der Waals surface area contributed by atoms with E-state index in [4.69, 9.17) is 4.74 Å². The highest BCUT2D eigenvalue weighted by Crippen LogP contribution is 2.37. The van der Waals surface area contributed by atoms with Gasteiger partial charge in [0.1, 0.15) is 12.4 Å². The van der Waals surface area contributed by atoms with Crippen molar-refractivity contribution in [3.05, 3.63) is 96.2 Å². The van der Waals surface area contributed by atoms with Crippen LogP contribution in [0.5, 0.6) is 0 Å². The van der Waals surface area contributed by atoms with Crippen molar-refractivity contribution in [2.45, 2.75) is 24.9 Å². The Morgan fingerprint density at radius 3 is 2.19 bits per heavy atom. The summed E-state index contributed by atoms with van der Waals surface area (Å²) in [5, 5.41) is 2.96. The van der Waals surface area contributed by atoms with Gasteiger partial charge in [-0.25, -0.2) is 9.78 Å². The minimum absolute atomic E-state index is 0.102. The standard InChI is InChI=1S/C25H25N3O3/c29-23(27-22-13-7-8-16-26-22)25(21-11-5-2-6-12-21)14-17-28(18-15-25)24(30)31-19-20-9-3-1-4-10-20/h1-13,16H,14-15,17-19H2,(H,26,27,29). The topological polar surface area (TPSA) is 71.5 Å². The average Bonchev–Trinajstić information content (AvgIpc) is 2.84. The Kier molecular flexibility index (Phi) is 6.26. The number of hydrogen-bond donors (Lipinski definition) is 1. The zero-order chi connectivity index (χ0) is 21.5. The largest absolute Gasteiger partial charge is 0.445 e. The third kappa shape index (κ3) is 4.74. The average molecular weight is 415 g/mol. The number of likely N-dealkylation sites (tertiary alicyclic amines) is 1. The Hall–Kier alpha value is -3.67. The van der Waals surface area contributed by atoms with Crippen molar-refractivity contribution in [1.82, 2.24) is 9.88 Å². The fourth-order valence-corrected chi connectivity index (χ4v) is 3.96. The third-order valence-corrected chi connectivity index (χ3v) is 5.75. The summed E-state index contributed by atoms with van der Waals surface area (Å²) in [6, 6.07) is 24.8. The molecule has 158 valence electrons. The first kappa shape index (κ1) is 20.6. The van der Waals surface area contributed by atoms with Gasteiger partial charge < -0.3 is 15.0 Å². The third-order valence-electron chi connectivity index (χ3n) is 5.75. The molecule has 1 aromatic heterocycles. The number of ether oxygens (including phenoxy) is 1. The van der Waals surface area contributed by atoms with Gasteiger partial charge in [-0.15, -0.1) is 0 Å². The van der Waals surface area contributed by atoms with Crippen LogP contribution in [0.15, 0.2) is 85.1 Å². The van der Waals surface area contributed by atoms with Gasteiger partial charge in [-0.2, -0.15) is 0 Å². The smallest absolute Gasteiger partial charge is 0.410 e. The van der Waals surface area contributed by atoms with Crippen LogP contribution in [0.3, 0.4) is 0 Å². The molecule has 1 aliphatic heterocycles. The first-order chi connectivity index (χ1) is 15.2. The van der Waals surface area contributed by atoms with Crippen LogP contribution in [0.4, 0.5) is 10.6 Å². The summed E-state index contributed by atoms with van der Waals surface area (Å²) in [5.74, 6) is 0.419. The monoisotopic (exact) mass is 415 g/mol. The highest BCUT2D eigenvalue weighted by atomic mass is 16.6. The molecule has 2 heterocycles. The number of amides is 2. The molecule has 0 radical (unpaired) electrons. The molecule has 1 aliphatic rings. The zero-order valence-corrected chi connectivity index (χ0v) is 17.2. The van der Waals surface area contributed by atoms with Gasteiger partial charge in [-0.3, -0.25) is 4.79 Å². The van der Waals surface area contributed by atoms with E-state index in [2.05, 4.69) is 10.3 Å². The van der Waals surface area contributed by atoms with Crippen molar-refractivity contribution < 1.29 is 14.3 Å². The molecular formula is C25H25N3O3. The minimum Gasteiger partial charge on any atom is -0.445 e. The molecule has 6 heteroatoms. The highest BCUT2D eigenvalue weighted by Gasteiger charge is 2.44. The van der Waals surface area contributed by atoms with E-state index in [1.807, 2.05) is 72.8 Å². The van der Waals surface area contributed by atoms with Gasteiger partial charge in [0.25, 0.3) is 0 Å². The lowest BCUT2D eigenvalue weighted by molar-refractivity contribution is -0.123. The van der Waals surface area contributed by atoms with Crippen LogP contribution in [0, 0.1) is 0 Å². The van der Waals surface area contributed by atoms with E-state index in [0.717, 1.165) is 11.1 Å². The van der Waals surface area contributed by atoms with Crippen LogP contribution < -0.4 is 5.32 Å². The number of piperidine rings is 1. The number of anilines is 1. The number of pyridine rings is 1. The molecule has 1 fully saturated rings. The van der Waals surface area contributed by atoms with Gasteiger partial charge in [0, 0.05) is 19.3 Å². The van der Waals surface area contributed by atoms with E-state index in [9.17, 15) is 9.59 Å². The SMILES string of the molecule is O=C(OCc1ccccc1)N1CCC(C(=O)Nc2ccccn2)(c2ccccc2)CC1. The zero-order valence-electron chi connectivity index (χ0n) is 17.2. The lowest BCUT2D eigenvalue weighted by Crippen LogP contribution is -2.51. The van der Waals surface area contributed by atoms with Gasteiger partial charge in [0.2, 0.25) is 5.91 Å². The quantitative estimate of drug-likeness (QED) is 0.671. The van der Waals surface area contributed by atoms with E-state index in [0.29, 0.717) is 31.7 Å². The van der Waals surface area contributed by atoms with Crippen LogP contribution in [-0.2, 0) is 21.6 Å². The van der Waals surface area contributed by atoms with Gasteiger partial charge in [0.05, 0.1) is 5.41 Å². The molecule has 6 nitrogen and oxygen atoms in total. The summed E-state index contributed by atoms with van der Waals surface area (Å²) in [4.78, 5) is 31.9. The molecular weight excluding hydrogens is 390 g/mol. The first-order valence-corrected chi connectivity index (χ1v) is 10.4. The lowest BCUT2D eigenvalue weighted by atomic mass is 9.72. The molecule has 0 bridgehead atoms. The molecule has 0 unspecified atom stereocenters. The maximum absolute atomic E-state index is 13.4. The van der Waals surface area contributed by atoms with Crippen molar-refractivity contribution in [2.24, 2.45) is 0 Å². The van der Waals surface area contributed by atoms with E-state index < -0.39 is 5.41 Å². The van der Waals surface area contributed by atoms with Gasteiger partial charge in [-0.1, -0.05) is 66.7 Å². The van der Waals surface area contributed by atoms with Crippen molar-refractivity contribution in [3.8, 4) is 0 Å². The molecule has 2 amide bonds. The van der Waals surface area contributed by atoms with Crippen LogP contribution in [-0.4, -0.2) is 35.0 Å². The Morgan fingerprint density at radius 2 is 1.55 bits per heavy atom. The highest BCUT2D eigenvalue weighted by molar-refractivity contribution is 5.98. The van der Waals surface area contributed by atoms with Crippen molar-refractivity contribution in [2.75, 3.05) is 18.4 Å². The molecule has 31 heavy (non-hydrogen) atoms. The second-order valence-corrected chi connectivity index (χ2v) is 7.64. The number of carbonyl (C=O) groups is 2. The van der Waals surface area contributed by atoms with Crippen molar-refractivity contribution in [1.29, 1.82) is 0 Å². The van der Waals surface area contributed by atoms with E-state index in [1.165, 1.54) is 0 Å². The molecule has 3 aromatic rings. The number of rotatable bonds is 5. The van der Waals surface area contributed by atoms with Crippen LogP contribution in [0.2, 0.25) is 0 Å². The summed E-state index contributed by atoms with van der Waals surface area (Å²) in [6.45, 7) is 1.12. The number of nitrogens with one attached hydrogen (secondary N) is 1. The number of carbonyl (C=O) groups excluding carboxylic acids is 2. The first-order valence-electron chi connectivity index (χ1n) is 10.4. The van der Waals surface area contributed by atoms with Gasteiger partial charge in [0.15, 0.2) is 0 Å². The van der Waals surface area contributed by atoms with Gasteiger partial charge >= 0.3 is 6.09 Å². The van der Waals surface area contributed by atoms with Crippen LogP contribution in [0.1, 0.15) is 24.0 Å². The minimum atomic E-state index is -0.727. The maximum atomic E-state index is 13.4. The Morgan fingerprint density at radius 1 is 0.903 bits per heavy atom. The summed E-state index contributed by atoms with van der Waals surface area (Å²) in [5.41, 5.74) is 1.16. The fourth-order valence-electron chi connectivity index (χ4n) is 3.96. The maximum Gasteiger partial charge on any atom is 0.410 e. The predicted molar refractivity (Wildman–Crippen MR) is 118 cm³/mol. The molecule has 0 aliphatic carbocycles. The Bertz CT molecular complexity index is 1000. The van der Waals surface area contributed by atoms with Crippen molar-refractivity contribution >= 4 is 17.8 Å². The molecule has 0 spiro atoms. The van der Waals surface area contributed by atoms with E-state index in [1.54, 1.807) is 17.2 Å². The lowest BCUT2D eigenvalue weighted by Gasteiger charge is -2.40. The molecule has 1 N–H and O–H groups in total.